The van der Waals surface area contributed by atoms with Gasteiger partial charge in [-0.25, -0.2) is 0 Å². The monoisotopic (exact) mass is 297 g/mol. The van der Waals surface area contributed by atoms with E-state index in [2.05, 4.69) is 5.32 Å². The van der Waals surface area contributed by atoms with Crippen LogP contribution in [0.25, 0.3) is 0 Å². The molecule has 6 atom stereocenters. The smallest absolute Gasteiger partial charge is 0.230 e. The highest BCUT2D eigenvalue weighted by Crippen LogP contribution is 2.25. The summed E-state index contributed by atoms with van der Waals surface area (Å²) in [6, 6.07) is -0.711. The SMILES string of the molecule is CC(=O)NC1C(O[C@H](O)SO)C(O)C(CO)O[C@@H]1C. The van der Waals surface area contributed by atoms with Gasteiger partial charge in [0.1, 0.15) is 18.3 Å². The van der Waals surface area contributed by atoms with Gasteiger partial charge >= 0.3 is 0 Å². The van der Waals surface area contributed by atoms with Crippen LogP contribution in [0.1, 0.15) is 13.8 Å². The quantitative estimate of drug-likeness (QED) is 0.306. The minimum Gasteiger partial charge on any atom is -0.394 e. The molecule has 19 heavy (non-hydrogen) atoms. The van der Waals surface area contributed by atoms with Crippen LogP contribution in [0, 0.1) is 0 Å². The molecule has 0 saturated carbocycles. The van der Waals surface area contributed by atoms with Crippen LogP contribution >= 0.6 is 12.0 Å². The molecule has 1 fully saturated rings. The molecule has 112 valence electrons. The third kappa shape index (κ3) is 4.28. The molecule has 1 aliphatic rings. The minimum atomic E-state index is -1.57. The van der Waals surface area contributed by atoms with Gasteiger partial charge in [-0.1, -0.05) is 0 Å². The van der Waals surface area contributed by atoms with Crippen LogP contribution in [0.5, 0.6) is 0 Å². The van der Waals surface area contributed by atoms with Gasteiger partial charge in [0.2, 0.25) is 11.5 Å². The topological polar surface area (TPSA) is 128 Å². The molecule has 0 aromatic carbocycles. The second kappa shape index (κ2) is 7.39. The van der Waals surface area contributed by atoms with Crippen molar-refractivity contribution in [2.45, 2.75) is 49.9 Å². The Balaban J connectivity index is 2.86. The Morgan fingerprint density at radius 3 is 2.68 bits per heavy atom. The van der Waals surface area contributed by atoms with E-state index in [1.807, 2.05) is 0 Å². The van der Waals surface area contributed by atoms with Gasteiger partial charge in [0, 0.05) is 6.92 Å². The van der Waals surface area contributed by atoms with Gasteiger partial charge < -0.3 is 34.7 Å². The molecule has 1 amide bonds. The standard InChI is InChI=1S/C10H19NO7S/c1-4-7(11-5(2)13)9(18-10(15)19-16)8(14)6(3-12)17-4/h4,6-10,12,14-16H,3H2,1-2H3,(H,11,13)/t4-,6?,7?,8?,9?,10+/m1/s1. The predicted molar refractivity (Wildman–Crippen MR) is 66.1 cm³/mol. The van der Waals surface area contributed by atoms with Crippen molar-refractivity contribution in [2.24, 2.45) is 0 Å². The zero-order chi connectivity index (χ0) is 14.6. The van der Waals surface area contributed by atoms with Crippen molar-refractivity contribution in [3.63, 3.8) is 0 Å². The fourth-order valence-corrected chi connectivity index (χ4v) is 2.22. The van der Waals surface area contributed by atoms with Gasteiger partial charge in [0.15, 0.2) is 0 Å². The van der Waals surface area contributed by atoms with Crippen molar-refractivity contribution >= 4 is 17.9 Å². The summed E-state index contributed by atoms with van der Waals surface area (Å²) >= 11 is 0.0576. The third-order valence-corrected chi connectivity index (χ3v) is 3.17. The molecular formula is C10H19NO7S. The summed E-state index contributed by atoms with van der Waals surface area (Å²) in [4.78, 5) is 11.1. The molecular weight excluding hydrogens is 278 g/mol. The first-order chi connectivity index (χ1) is 8.90. The lowest BCUT2D eigenvalue weighted by atomic mass is 9.93. The highest BCUT2D eigenvalue weighted by molar-refractivity contribution is 7.94. The largest absolute Gasteiger partial charge is 0.394 e. The lowest BCUT2D eigenvalue weighted by Gasteiger charge is -2.43. The van der Waals surface area contributed by atoms with Gasteiger partial charge in [-0.2, -0.15) is 0 Å². The van der Waals surface area contributed by atoms with Crippen molar-refractivity contribution in [3.8, 4) is 0 Å². The zero-order valence-electron chi connectivity index (χ0n) is 10.6. The molecule has 9 heteroatoms. The summed E-state index contributed by atoms with van der Waals surface area (Å²) in [5, 5.41) is 31.0. The summed E-state index contributed by atoms with van der Waals surface area (Å²) in [6.45, 7) is 2.51. The van der Waals surface area contributed by atoms with Crippen molar-refractivity contribution in [1.29, 1.82) is 0 Å². The normalized spacial score (nSPS) is 36.8. The van der Waals surface area contributed by atoms with Crippen LogP contribution in [-0.4, -0.2) is 68.5 Å². The molecule has 0 spiro atoms. The van der Waals surface area contributed by atoms with Crippen LogP contribution in [-0.2, 0) is 14.3 Å². The molecule has 0 radical (unpaired) electrons. The zero-order valence-corrected chi connectivity index (χ0v) is 11.4. The van der Waals surface area contributed by atoms with Crippen molar-refractivity contribution < 1.29 is 34.1 Å². The summed E-state index contributed by atoms with van der Waals surface area (Å²) in [5.74, 6) is -0.352. The molecule has 0 bridgehead atoms. The number of carbonyl (C=O) groups excluding carboxylic acids is 1. The fraction of sp³-hybridized carbons (Fsp3) is 0.900. The maximum Gasteiger partial charge on any atom is 0.230 e. The second-order valence-corrected chi connectivity index (χ2v) is 4.91. The molecule has 1 rings (SSSR count). The van der Waals surface area contributed by atoms with Gasteiger partial charge in [0.05, 0.1) is 30.8 Å². The second-order valence-electron chi connectivity index (χ2n) is 4.29. The number of aliphatic hydroxyl groups is 3. The van der Waals surface area contributed by atoms with Crippen molar-refractivity contribution in [3.05, 3.63) is 0 Å². The highest BCUT2D eigenvalue weighted by atomic mass is 32.2. The van der Waals surface area contributed by atoms with Gasteiger partial charge in [-0.3, -0.25) is 4.79 Å². The lowest BCUT2D eigenvalue weighted by molar-refractivity contribution is -0.226. The average Bonchev–Trinajstić information content (AvgIpc) is 2.36. The molecule has 1 saturated heterocycles. The third-order valence-electron chi connectivity index (χ3n) is 2.88. The lowest BCUT2D eigenvalue weighted by Crippen LogP contribution is -2.64. The molecule has 4 unspecified atom stereocenters. The van der Waals surface area contributed by atoms with E-state index in [0.29, 0.717) is 0 Å². The summed E-state index contributed by atoms with van der Waals surface area (Å²) < 4.78 is 19.1. The number of amides is 1. The van der Waals surface area contributed by atoms with Crippen LogP contribution in [0.4, 0.5) is 0 Å². The van der Waals surface area contributed by atoms with Crippen LogP contribution < -0.4 is 5.32 Å². The Kier molecular flexibility index (Phi) is 6.47. The van der Waals surface area contributed by atoms with E-state index in [1.165, 1.54) is 6.92 Å². The van der Waals surface area contributed by atoms with E-state index in [1.54, 1.807) is 6.92 Å². The Bertz CT molecular complexity index is 306. The molecule has 5 N–H and O–H groups in total. The number of nitrogens with one attached hydrogen (secondary N) is 1. The Morgan fingerprint density at radius 2 is 2.21 bits per heavy atom. The number of aliphatic hydroxyl groups excluding tert-OH is 3. The van der Waals surface area contributed by atoms with Crippen LogP contribution in [0.15, 0.2) is 0 Å². The molecule has 0 aliphatic carbocycles. The maximum absolute atomic E-state index is 11.1. The number of carbonyl (C=O) groups is 1. The van der Waals surface area contributed by atoms with Gasteiger partial charge in [-0.05, 0) is 6.92 Å². The van der Waals surface area contributed by atoms with E-state index >= 15 is 0 Å². The van der Waals surface area contributed by atoms with Crippen LogP contribution in [0.3, 0.4) is 0 Å². The van der Waals surface area contributed by atoms with Crippen molar-refractivity contribution in [1.82, 2.24) is 5.32 Å². The summed E-state index contributed by atoms with van der Waals surface area (Å²) in [6.07, 6.45) is -3.69. The van der Waals surface area contributed by atoms with Crippen molar-refractivity contribution in [2.75, 3.05) is 6.61 Å². The van der Waals surface area contributed by atoms with E-state index < -0.39 is 42.7 Å². The van der Waals surface area contributed by atoms with E-state index in [9.17, 15) is 15.0 Å². The summed E-state index contributed by atoms with van der Waals surface area (Å²) in [5.41, 5.74) is -1.57. The molecule has 8 nitrogen and oxygen atoms in total. The first kappa shape index (κ1) is 16.6. The maximum atomic E-state index is 11.1. The minimum absolute atomic E-state index is 0.0576. The number of hydrogen-bond donors (Lipinski definition) is 5. The molecule has 0 aromatic rings. The van der Waals surface area contributed by atoms with Gasteiger partial charge in [-0.15, -0.1) is 0 Å². The van der Waals surface area contributed by atoms with Crippen LogP contribution in [0.2, 0.25) is 0 Å². The van der Waals surface area contributed by atoms with E-state index in [-0.39, 0.29) is 17.9 Å². The molecule has 1 aliphatic heterocycles. The van der Waals surface area contributed by atoms with Gasteiger partial charge in [0.25, 0.3) is 0 Å². The Labute approximate surface area is 114 Å². The number of rotatable bonds is 5. The molecule has 1 heterocycles. The first-order valence-electron chi connectivity index (χ1n) is 5.76. The summed E-state index contributed by atoms with van der Waals surface area (Å²) in [7, 11) is 0. The molecule has 0 aromatic heterocycles. The predicted octanol–water partition coefficient (Wildman–Crippen LogP) is -1.50. The fourth-order valence-electron chi connectivity index (χ4n) is 2.04. The highest BCUT2D eigenvalue weighted by Gasteiger charge is 2.45. The Hall–Kier alpha value is -0.420. The average molecular weight is 297 g/mol. The number of ether oxygens (including phenoxy) is 2. The van der Waals surface area contributed by atoms with E-state index in [0.717, 1.165) is 0 Å². The number of hydrogen-bond acceptors (Lipinski definition) is 8. The Morgan fingerprint density at radius 1 is 1.58 bits per heavy atom. The first-order valence-corrected chi connectivity index (χ1v) is 6.59. The van der Waals surface area contributed by atoms with E-state index in [4.69, 9.17) is 19.1 Å².